The quantitative estimate of drug-likeness (QED) is 0.395. The van der Waals surface area contributed by atoms with E-state index < -0.39 is 11.4 Å². The van der Waals surface area contributed by atoms with Gasteiger partial charge in [0.05, 0.1) is 20.8 Å². The zero-order chi connectivity index (χ0) is 25.7. The lowest BCUT2D eigenvalue weighted by Crippen LogP contribution is -2.44. The first kappa shape index (κ1) is 25.5. The smallest absolute Gasteiger partial charge is 0.410 e. The van der Waals surface area contributed by atoms with Gasteiger partial charge in [0.1, 0.15) is 12.0 Å². The van der Waals surface area contributed by atoms with E-state index in [1.54, 1.807) is 24.0 Å². The van der Waals surface area contributed by atoms with Crippen LogP contribution in [-0.4, -0.2) is 56.7 Å². The number of hydrogen-bond acceptors (Lipinski definition) is 7. The number of ketones is 1. The number of carbonyl (C=O) groups excluding carboxylic acids is 3. The van der Waals surface area contributed by atoms with Gasteiger partial charge in [0.15, 0.2) is 17.3 Å². The number of hydrogen-bond donors (Lipinski definition) is 0. The van der Waals surface area contributed by atoms with Gasteiger partial charge in [-0.3, -0.25) is 9.59 Å². The minimum atomic E-state index is -1.28. The average molecular weight is 496 g/mol. The van der Waals surface area contributed by atoms with E-state index in [1.165, 1.54) is 14.2 Å². The molecule has 1 atom stereocenters. The summed E-state index contributed by atoms with van der Waals surface area (Å²) in [4.78, 5) is 41.2. The van der Waals surface area contributed by atoms with Gasteiger partial charge in [-0.25, -0.2) is 4.79 Å². The maximum absolute atomic E-state index is 13.7. The first-order valence-corrected chi connectivity index (χ1v) is 12.3. The van der Waals surface area contributed by atoms with Crippen LogP contribution in [0, 0.1) is 11.3 Å². The molecule has 1 fully saturated rings. The predicted octanol–water partition coefficient (Wildman–Crippen LogP) is 4.43. The van der Waals surface area contributed by atoms with Crippen molar-refractivity contribution < 1.29 is 33.3 Å². The highest BCUT2D eigenvalue weighted by molar-refractivity contribution is 6.16. The Morgan fingerprint density at radius 3 is 2.31 bits per heavy atom. The van der Waals surface area contributed by atoms with Crippen molar-refractivity contribution in [1.29, 1.82) is 0 Å². The summed E-state index contributed by atoms with van der Waals surface area (Å²) in [6, 6.07) is 13.0. The number of piperidine rings is 1. The molecule has 1 aliphatic heterocycles. The molecule has 0 aromatic heterocycles. The fraction of sp³-hybridized carbons (Fsp3) is 0.464. The Balaban J connectivity index is 1.44. The van der Waals surface area contributed by atoms with Crippen LogP contribution in [0.2, 0.25) is 0 Å². The predicted molar refractivity (Wildman–Crippen MR) is 132 cm³/mol. The van der Waals surface area contributed by atoms with Gasteiger partial charge in [0.2, 0.25) is 0 Å². The van der Waals surface area contributed by atoms with Crippen LogP contribution in [0.4, 0.5) is 4.79 Å². The monoisotopic (exact) mass is 495 g/mol. The van der Waals surface area contributed by atoms with E-state index in [0.717, 1.165) is 11.1 Å². The number of rotatable bonds is 8. The fourth-order valence-corrected chi connectivity index (χ4v) is 5.25. The van der Waals surface area contributed by atoms with Gasteiger partial charge in [-0.05, 0) is 61.8 Å². The van der Waals surface area contributed by atoms with E-state index in [9.17, 15) is 14.4 Å². The SMILES string of the molecule is CCOC(=O)C1(CC2CCN(C(=O)OCc3ccccc3)CC2)Cc2cc(OC)c(OC)cc2C1=O. The maximum atomic E-state index is 13.7. The summed E-state index contributed by atoms with van der Waals surface area (Å²) in [6.45, 7) is 3.19. The Morgan fingerprint density at radius 1 is 1.00 bits per heavy atom. The number of likely N-dealkylation sites (tertiary alicyclic amines) is 1. The summed E-state index contributed by atoms with van der Waals surface area (Å²) in [6.07, 6.45) is 1.65. The Hall–Kier alpha value is -3.55. The van der Waals surface area contributed by atoms with Crippen LogP contribution in [0.3, 0.4) is 0 Å². The molecule has 0 radical (unpaired) electrons. The lowest BCUT2D eigenvalue weighted by atomic mass is 9.73. The maximum Gasteiger partial charge on any atom is 0.410 e. The molecule has 0 N–H and O–H groups in total. The van der Waals surface area contributed by atoms with Crippen LogP contribution in [0.1, 0.15) is 47.7 Å². The third-order valence-corrected chi connectivity index (χ3v) is 7.16. The molecule has 2 aromatic carbocycles. The summed E-state index contributed by atoms with van der Waals surface area (Å²) in [5.74, 6) is 0.336. The molecular weight excluding hydrogens is 462 g/mol. The van der Waals surface area contributed by atoms with E-state index in [0.29, 0.717) is 49.4 Å². The number of fused-ring (bicyclic) bond motifs is 1. The van der Waals surface area contributed by atoms with Crippen molar-refractivity contribution in [2.24, 2.45) is 11.3 Å². The Bertz CT molecular complexity index is 1110. The van der Waals surface area contributed by atoms with Crippen molar-refractivity contribution in [2.75, 3.05) is 33.9 Å². The normalized spacial score (nSPS) is 19.5. The van der Waals surface area contributed by atoms with E-state index in [4.69, 9.17) is 18.9 Å². The topological polar surface area (TPSA) is 91.4 Å². The zero-order valence-corrected chi connectivity index (χ0v) is 21.1. The Kier molecular flexibility index (Phi) is 7.82. The minimum Gasteiger partial charge on any atom is -0.493 e. The third kappa shape index (κ3) is 5.03. The van der Waals surface area contributed by atoms with Crippen molar-refractivity contribution in [1.82, 2.24) is 4.90 Å². The highest BCUT2D eigenvalue weighted by Crippen LogP contribution is 2.47. The summed E-state index contributed by atoms with van der Waals surface area (Å²) >= 11 is 0. The van der Waals surface area contributed by atoms with Gasteiger partial charge in [-0.2, -0.15) is 0 Å². The molecule has 0 saturated carbocycles. The Labute approximate surface area is 211 Å². The van der Waals surface area contributed by atoms with Crippen LogP contribution in [0.25, 0.3) is 0 Å². The molecular formula is C28H33NO7. The van der Waals surface area contributed by atoms with Crippen molar-refractivity contribution in [3.8, 4) is 11.5 Å². The van der Waals surface area contributed by atoms with Gasteiger partial charge in [0.25, 0.3) is 0 Å². The molecule has 2 aliphatic rings. The number of amides is 1. The second-order valence-corrected chi connectivity index (χ2v) is 9.35. The molecule has 8 nitrogen and oxygen atoms in total. The highest BCUT2D eigenvalue weighted by Gasteiger charge is 2.54. The molecule has 36 heavy (non-hydrogen) atoms. The summed E-state index contributed by atoms with van der Waals surface area (Å²) in [5.41, 5.74) is 0.885. The Morgan fingerprint density at radius 2 is 1.67 bits per heavy atom. The van der Waals surface area contributed by atoms with E-state index in [2.05, 4.69) is 0 Å². The van der Waals surface area contributed by atoms with Gasteiger partial charge in [0, 0.05) is 18.7 Å². The van der Waals surface area contributed by atoms with Crippen molar-refractivity contribution in [3.63, 3.8) is 0 Å². The van der Waals surface area contributed by atoms with Crippen molar-refractivity contribution in [2.45, 2.75) is 39.2 Å². The lowest BCUT2D eigenvalue weighted by molar-refractivity contribution is -0.153. The molecule has 0 spiro atoms. The van der Waals surface area contributed by atoms with Gasteiger partial charge < -0.3 is 23.8 Å². The van der Waals surface area contributed by atoms with Gasteiger partial charge >= 0.3 is 12.1 Å². The van der Waals surface area contributed by atoms with E-state index in [-0.39, 0.29) is 37.4 Å². The third-order valence-electron chi connectivity index (χ3n) is 7.16. The molecule has 2 aromatic rings. The number of carbonyl (C=O) groups is 3. The van der Waals surface area contributed by atoms with E-state index >= 15 is 0 Å². The van der Waals surface area contributed by atoms with Gasteiger partial charge in [-0.15, -0.1) is 0 Å². The van der Waals surface area contributed by atoms with Gasteiger partial charge in [-0.1, -0.05) is 30.3 Å². The molecule has 1 aliphatic carbocycles. The number of Topliss-reactive ketones (excluding diaryl/α,β-unsaturated/α-hetero) is 1. The largest absolute Gasteiger partial charge is 0.493 e. The molecule has 1 saturated heterocycles. The molecule has 0 bridgehead atoms. The molecule has 1 amide bonds. The van der Waals surface area contributed by atoms with Crippen LogP contribution in [0.5, 0.6) is 11.5 Å². The second-order valence-electron chi connectivity index (χ2n) is 9.35. The molecule has 4 rings (SSSR count). The molecule has 1 heterocycles. The summed E-state index contributed by atoms with van der Waals surface area (Å²) in [7, 11) is 3.05. The first-order chi connectivity index (χ1) is 17.4. The summed E-state index contributed by atoms with van der Waals surface area (Å²) in [5, 5.41) is 0. The first-order valence-electron chi connectivity index (χ1n) is 12.3. The standard InChI is InChI=1S/C28H33NO7/c1-4-35-26(31)28(17-21-14-23(33-2)24(34-3)15-22(21)25(28)30)16-19-10-12-29(13-11-19)27(32)36-18-20-8-6-5-7-9-20/h5-9,14-15,19H,4,10-13,16-18H2,1-3H3. The van der Waals surface area contributed by atoms with Crippen LogP contribution in [0.15, 0.2) is 42.5 Å². The lowest BCUT2D eigenvalue weighted by Gasteiger charge is -2.35. The number of nitrogens with zero attached hydrogens (tertiary/aromatic N) is 1. The zero-order valence-electron chi connectivity index (χ0n) is 21.1. The van der Waals surface area contributed by atoms with Crippen LogP contribution < -0.4 is 9.47 Å². The number of ether oxygens (including phenoxy) is 4. The second kappa shape index (κ2) is 11.0. The average Bonchev–Trinajstić information content (AvgIpc) is 3.18. The number of benzene rings is 2. The molecule has 192 valence electrons. The van der Waals surface area contributed by atoms with Crippen molar-refractivity contribution in [3.05, 3.63) is 59.2 Å². The molecule has 1 unspecified atom stereocenters. The molecule has 8 heteroatoms. The minimum absolute atomic E-state index is 0.0923. The number of esters is 1. The number of methoxy groups -OCH3 is 2. The van der Waals surface area contributed by atoms with E-state index in [1.807, 2.05) is 30.3 Å². The van der Waals surface area contributed by atoms with Crippen LogP contribution >= 0.6 is 0 Å². The van der Waals surface area contributed by atoms with Crippen molar-refractivity contribution >= 4 is 17.8 Å². The van der Waals surface area contributed by atoms with Crippen LogP contribution in [-0.2, 0) is 27.3 Å². The summed E-state index contributed by atoms with van der Waals surface area (Å²) < 4.78 is 21.7. The highest BCUT2D eigenvalue weighted by atomic mass is 16.6. The fourth-order valence-electron chi connectivity index (χ4n) is 5.25.